The minimum atomic E-state index is -1.11. The summed E-state index contributed by atoms with van der Waals surface area (Å²) < 4.78 is 5.11. The van der Waals surface area contributed by atoms with E-state index in [9.17, 15) is 10.1 Å². The third-order valence-corrected chi connectivity index (χ3v) is 4.47. The van der Waals surface area contributed by atoms with Crippen LogP contribution in [0.1, 0.15) is 37.3 Å². The summed E-state index contributed by atoms with van der Waals surface area (Å²) in [6.45, 7) is 5.30. The van der Waals surface area contributed by atoms with E-state index in [1.807, 2.05) is 30.3 Å². The van der Waals surface area contributed by atoms with Crippen LogP contribution in [0.2, 0.25) is 0 Å². The highest BCUT2D eigenvalue weighted by Crippen LogP contribution is 2.29. The maximum atomic E-state index is 12.4. The number of anilines is 1. The smallest absolute Gasteiger partial charge is 0.330 e. The number of hydrogen-bond acceptors (Lipinski definition) is 6. The van der Waals surface area contributed by atoms with Gasteiger partial charge in [-0.15, -0.1) is 0 Å². The lowest BCUT2D eigenvalue weighted by atomic mass is 10.1. The molecule has 2 aromatic rings. The monoisotopic (exact) mass is 350 g/mol. The highest BCUT2D eigenvalue weighted by molar-refractivity contribution is 5.85. The molecule has 6 nitrogen and oxygen atoms in total. The second-order valence-corrected chi connectivity index (χ2v) is 6.30. The number of para-hydroxylation sites is 2. The van der Waals surface area contributed by atoms with E-state index in [0.29, 0.717) is 17.0 Å². The second kappa shape index (κ2) is 8.43. The number of carbonyl (C=O) groups is 1. The van der Waals surface area contributed by atoms with Gasteiger partial charge in [-0.1, -0.05) is 37.6 Å². The van der Waals surface area contributed by atoms with Crippen LogP contribution >= 0.6 is 0 Å². The summed E-state index contributed by atoms with van der Waals surface area (Å²) in [6.07, 6.45) is 5.96. The molecule has 1 aromatic heterocycles. The highest BCUT2D eigenvalue weighted by atomic mass is 16.5. The molecule has 0 unspecified atom stereocenters. The molecule has 1 aliphatic rings. The zero-order valence-electron chi connectivity index (χ0n) is 14.7. The number of esters is 1. The Morgan fingerprint density at radius 3 is 2.50 bits per heavy atom. The molecule has 1 fully saturated rings. The van der Waals surface area contributed by atoms with Crippen molar-refractivity contribution in [3.63, 3.8) is 0 Å². The maximum Gasteiger partial charge on any atom is 0.330 e. The SMILES string of the molecule is C=CCOC(=O)[C@H](C#N)c1nc2ccccc2nc1N1CCCCCC1. The van der Waals surface area contributed by atoms with E-state index < -0.39 is 11.9 Å². The molecule has 1 atom stereocenters. The Kier molecular flexibility index (Phi) is 5.80. The lowest BCUT2D eigenvalue weighted by Crippen LogP contribution is -2.28. The summed E-state index contributed by atoms with van der Waals surface area (Å²) in [4.78, 5) is 23.9. The summed E-state index contributed by atoms with van der Waals surface area (Å²) in [5, 5.41) is 9.64. The lowest BCUT2D eigenvalue weighted by Gasteiger charge is -2.25. The van der Waals surface area contributed by atoms with Gasteiger partial charge in [0.2, 0.25) is 0 Å². The van der Waals surface area contributed by atoms with E-state index in [1.54, 1.807) is 0 Å². The molecule has 134 valence electrons. The molecule has 2 heterocycles. The van der Waals surface area contributed by atoms with Gasteiger partial charge in [-0.05, 0) is 25.0 Å². The van der Waals surface area contributed by atoms with Crippen molar-refractivity contribution in [1.29, 1.82) is 5.26 Å². The van der Waals surface area contributed by atoms with Gasteiger partial charge in [0.15, 0.2) is 11.7 Å². The van der Waals surface area contributed by atoms with Crippen LogP contribution in [0, 0.1) is 11.3 Å². The number of nitrogens with zero attached hydrogens (tertiary/aromatic N) is 4. The van der Waals surface area contributed by atoms with Crippen molar-refractivity contribution in [3.8, 4) is 6.07 Å². The molecular formula is C20H22N4O2. The van der Waals surface area contributed by atoms with Crippen molar-refractivity contribution in [2.45, 2.75) is 31.6 Å². The molecule has 26 heavy (non-hydrogen) atoms. The van der Waals surface area contributed by atoms with Gasteiger partial charge in [0.1, 0.15) is 12.3 Å². The van der Waals surface area contributed by atoms with Gasteiger partial charge in [0, 0.05) is 13.1 Å². The van der Waals surface area contributed by atoms with Crippen molar-refractivity contribution in [1.82, 2.24) is 9.97 Å². The Morgan fingerprint density at radius 2 is 1.88 bits per heavy atom. The van der Waals surface area contributed by atoms with Crippen LogP contribution < -0.4 is 4.90 Å². The average Bonchev–Trinajstić information content (AvgIpc) is 2.95. The minimum absolute atomic E-state index is 0.0665. The molecular weight excluding hydrogens is 328 g/mol. The first-order valence-corrected chi connectivity index (χ1v) is 8.93. The highest BCUT2D eigenvalue weighted by Gasteiger charge is 2.30. The second-order valence-electron chi connectivity index (χ2n) is 6.30. The predicted octanol–water partition coefficient (Wildman–Crippen LogP) is 3.35. The first-order chi connectivity index (χ1) is 12.7. The number of carbonyl (C=O) groups excluding carboxylic acids is 1. The van der Waals surface area contributed by atoms with Crippen LogP contribution in [0.25, 0.3) is 11.0 Å². The van der Waals surface area contributed by atoms with E-state index in [1.165, 1.54) is 18.9 Å². The first-order valence-electron chi connectivity index (χ1n) is 8.93. The molecule has 0 spiro atoms. The molecule has 1 saturated heterocycles. The fourth-order valence-corrected chi connectivity index (χ4v) is 3.16. The predicted molar refractivity (Wildman–Crippen MR) is 99.7 cm³/mol. The van der Waals surface area contributed by atoms with Crippen molar-refractivity contribution in [2.24, 2.45) is 0 Å². The number of ether oxygens (including phenoxy) is 1. The summed E-state index contributed by atoms with van der Waals surface area (Å²) in [5.74, 6) is -1.11. The van der Waals surface area contributed by atoms with Crippen LogP contribution in [0.5, 0.6) is 0 Å². The van der Waals surface area contributed by atoms with Gasteiger partial charge in [0.05, 0.1) is 17.1 Å². The number of fused-ring (bicyclic) bond motifs is 1. The zero-order valence-corrected chi connectivity index (χ0v) is 14.7. The van der Waals surface area contributed by atoms with Crippen LogP contribution in [-0.2, 0) is 9.53 Å². The van der Waals surface area contributed by atoms with Crippen molar-refractivity contribution >= 4 is 22.8 Å². The number of rotatable bonds is 5. The molecule has 0 aliphatic carbocycles. The van der Waals surface area contributed by atoms with Gasteiger partial charge < -0.3 is 9.64 Å². The Balaban J connectivity index is 2.08. The summed E-state index contributed by atoms with van der Waals surface area (Å²) in [7, 11) is 0. The first kappa shape index (κ1) is 17.9. The van der Waals surface area contributed by atoms with Crippen molar-refractivity contribution in [3.05, 3.63) is 42.6 Å². The third-order valence-electron chi connectivity index (χ3n) is 4.47. The van der Waals surface area contributed by atoms with Gasteiger partial charge in [0.25, 0.3) is 0 Å². The largest absolute Gasteiger partial charge is 0.460 e. The van der Waals surface area contributed by atoms with Crippen LogP contribution in [-0.4, -0.2) is 35.6 Å². The molecule has 3 rings (SSSR count). The summed E-state index contributed by atoms with van der Waals surface area (Å²) in [6, 6.07) is 9.55. The van der Waals surface area contributed by atoms with E-state index in [4.69, 9.17) is 9.72 Å². The van der Waals surface area contributed by atoms with Crippen molar-refractivity contribution in [2.75, 3.05) is 24.6 Å². The quantitative estimate of drug-likeness (QED) is 0.608. The van der Waals surface area contributed by atoms with Gasteiger partial charge in [-0.25, -0.2) is 9.97 Å². The lowest BCUT2D eigenvalue weighted by molar-refractivity contribution is -0.142. The van der Waals surface area contributed by atoms with E-state index in [2.05, 4.69) is 16.5 Å². The Labute approximate surface area is 153 Å². The van der Waals surface area contributed by atoms with Crippen molar-refractivity contribution < 1.29 is 9.53 Å². The van der Waals surface area contributed by atoms with E-state index in [-0.39, 0.29) is 6.61 Å². The fraction of sp³-hybridized carbons (Fsp3) is 0.400. The third kappa shape index (κ3) is 3.83. The number of aromatic nitrogens is 2. The molecule has 0 radical (unpaired) electrons. The van der Waals surface area contributed by atoms with E-state index >= 15 is 0 Å². The standard InChI is InChI=1S/C20H22N4O2/c1-2-13-26-20(25)15(14-21)18-19(24-11-7-3-4-8-12-24)23-17-10-6-5-9-16(17)22-18/h2,5-6,9-10,15H,1,3-4,7-8,11-13H2/t15-/m1/s1. The van der Waals surface area contributed by atoms with Gasteiger partial charge >= 0.3 is 5.97 Å². The topological polar surface area (TPSA) is 79.1 Å². The van der Waals surface area contributed by atoms with Gasteiger partial charge in [-0.3, -0.25) is 4.79 Å². The number of hydrogen-bond donors (Lipinski definition) is 0. The van der Waals surface area contributed by atoms with Gasteiger partial charge in [-0.2, -0.15) is 5.26 Å². The Morgan fingerprint density at radius 1 is 1.23 bits per heavy atom. The normalized spacial score (nSPS) is 15.7. The molecule has 1 aromatic carbocycles. The zero-order chi connectivity index (χ0) is 18.4. The van der Waals surface area contributed by atoms with E-state index in [0.717, 1.165) is 31.4 Å². The number of benzene rings is 1. The summed E-state index contributed by atoms with van der Waals surface area (Å²) >= 11 is 0. The summed E-state index contributed by atoms with van der Waals surface area (Å²) in [5.41, 5.74) is 1.80. The maximum absolute atomic E-state index is 12.4. The molecule has 1 aliphatic heterocycles. The fourth-order valence-electron chi connectivity index (χ4n) is 3.16. The Hall–Kier alpha value is -2.94. The molecule has 6 heteroatoms. The minimum Gasteiger partial charge on any atom is -0.460 e. The molecule has 0 N–H and O–H groups in total. The van der Waals surface area contributed by atoms with Crippen LogP contribution in [0.15, 0.2) is 36.9 Å². The van der Waals surface area contributed by atoms with Crippen LogP contribution in [0.3, 0.4) is 0 Å². The van der Waals surface area contributed by atoms with Crippen LogP contribution in [0.4, 0.5) is 5.82 Å². The average molecular weight is 350 g/mol. The Bertz CT molecular complexity index is 835. The molecule has 0 amide bonds. The molecule has 0 bridgehead atoms. The molecule has 0 saturated carbocycles. The number of nitriles is 1.